The molecule has 1 aromatic carbocycles. The average molecular weight is 381 g/mol. The van der Waals surface area contributed by atoms with E-state index >= 15 is 0 Å². The fourth-order valence-electron chi connectivity index (χ4n) is 4.15. The van der Waals surface area contributed by atoms with Gasteiger partial charge in [-0.15, -0.1) is 12.4 Å². The molecule has 0 radical (unpaired) electrons. The third-order valence-electron chi connectivity index (χ3n) is 5.63. The minimum absolute atomic E-state index is 0. The number of nitrogens with zero attached hydrogens (tertiary/aromatic N) is 2. The van der Waals surface area contributed by atoms with Gasteiger partial charge in [-0.3, -0.25) is 4.79 Å². The van der Waals surface area contributed by atoms with Crippen molar-refractivity contribution in [3.63, 3.8) is 0 Å². The van der Waals surface area contributed by atoms with Gasteiger partial charge in [0.2, 0.25) is 5.91 Å². The molecular formula is C21H33ClN2O2. The van der Waals surface area contributed by atoms with Gasteiger partial charge in [-0.1, -0.05) is 44.2 Å². The van der Waals surface area contributed by atoms with Gasteiger partial charge in [0.1, 0.15) is 5.75 Å². The van der Waals surface area contributed by atoms with E-state index in [4.69, 9.17) is 4.74 Å². The first-order valence-electron chi connectivity index (χ1n) is 10.0. The molecule has 5 heteroatoms. The molecule has 0 spiro atoms. The van der Waals surface area contributed by atoms with Crippen LogP contribution in [0.15, 0.2) is 24.3 Å². The van der Waals surface area contributed by atoms with Crippen molar-refractivity contribution in [2.45, 2.75) is 51.9 Å². The van der Waals surface area contributed by atoms with Crippen molar-refractivity contribution in [3.8, 4) is 5.75 Å². The second-order valence-corrected chi connectivity index (χ2v) is 7.31. The van der Waals surface area contributed by atoms with Crippen LogP contribution in [0.5, 0.6) is 5.75 Å². The Kier molecular flexibility index (Phi) is 8.56. The molecule has 1 heterocycles. The van der Waals surface area contributed by atoms with Crippen molar-refractivity contribution in [2.75, 3.05) is 37.7 Å². The molecule has 1 amide bonds. The van der Waals surface area contributed by atoms with Crippen LogP contribution >= 0.6 is 12.4 Å². The zero-order chi connectivity index (χ0) is 17.5. The van der Waals surface area contributed by atoms with Crippen molar-refractivity contribution in [2.24, 2.45) is 5.92 Å². The van der Waals surface area contributed by atoms with Crippen LogP contribution in [-0.4, -0.2) is 43.6 Å². The van der Waals surface area contributed by atoms with E-state index in [-0.39, 0.29) is 12.4 Å². The summed E-state index contributed by atoms with van der Waals surface area (Å²) in [7, 11) is 0. The summed E-state index contributed by atoms with van der Waals surface area (Å²) in [6.07, 6.45) is 8.58. The first-order valence-corrected chi connectivity index (χ1v) is 10.0. The largest absolute Gasteiger partial charge is 0.492 e. The Hall–Kier alpha value is -1.42. The Morgan fingerprint density at radius 1 is 1.08 bits per heavy atom. The van der Waals surface area contributed by atoms with Crippen molar-refractivity contribution < 1.29 is 9.53 Å². The molecule has 1 aromatic rings. The van der Waals surface area contributed by atoms with Gasteiger partial charge in [-0.05, 0) is 31.4 Å². The number of hydrogen-bond donors (Lipinski definition) is 0. The first kappa shape index (κ1) is 20.9. The van der Waals surface area contributed by atoms with Crippen LogP contribution in [0, 0.1) is 5.92 Å². The highest BCUT2D eigenvalue weighted by Gasteiger charge is 2.23. The highest BCUT2D eigenvalue weighted by molar-refractivity contribution is 5.85. The predicted molar refractivity (Wildman–Crippen MR) is 109 cm³/mol. The summed E-state index contributed by atoms with van der Waals surface area (Å²) in [6, 6.07) is 8.21. The Bertz CT molecular complexity index is 553. The zero-order valence-corrected chi connectivity index (χ0v) is 16.8. The summed E-state index contributed by atoms with van der Waals surface area (Å²) in [4.78, 5) is 16.9. The van der Waals surface area contributed by atoms with Crippen LogP contribution < -0.4 is 9.64 Å². The monoisotopic (exact) mass is 380 g/mol. The van der Waals surface area contributed by atoms with E-state index < -0.39 is 0 Å². The minimum atomic E-state index is 0. The van der Waals surface area contributed by atoms with E-state index in [0.29, 0.717) is 12.5 Å². The summed E-state index contributed by atoms with van der Waals surface area (Å²) in [6.45, 7) is 6.11. The molecule has 0 N–H and O–H groups in total. The van der Waals surface area contributed by atoms with Crippen LogP contribution in [0.4, 0.5) is 5.69 Å². The third-order valence-corrected chi connectivity index (χ3v) is 5.63. The number of rotatable bonds is 6. The van der Waals surface area contributed by atoms with Crippen LogP contribution in [0.1, 0.15) is 51.9 Å². The molecule has 2 fully saturated rings. The molecule has 1 saturated heterocycles. The predicted octanol–water partition coefficient (Wildman–Crippen LogP) is 4.52. The molecule has 146 valence electrons. The average Bonchev–Trinajstić information content (AvgIpc) is 2.68. The molecule has 0 aromatic heterocycles. The summed E-state index contributed by atoms with van der Waals surface area (Å²) < 4.78 is 5.75. The molecule has 2 aliphatic rings. The van der Waals surface area contributed by atoms with E-state index in [1.807, 2.05) is 19.1 Å². The molecule has 1 aliphatic carbocycles. The number of hydrogen-bond acceptors (Lipinski definition) is 3. The van der Waals surface area contributed by atoms with Gasteiger partial charge in [0, 0.05) is 32.6 Å². The minimum Gasteiger partial charge on any atom is -0.492 e. The molecule has 0 atom stereocenters. The number of piperazine rings is 1. The van der Waals surface area contributed by atoms with E-state index in [9.17, 15) is 4.79 Å². The Morgan fingerprint density at radius 2 is 1.77 bits per heavy atom. The number of anilines is 1. The maximum atomic E-state index is 12.5. The van der Waals surface area contributed by atoms with E-state index in [2.05, 4.69) is 21.9 Å². The molecular weight excluding hydrogens is 348 g/mol. The smallest absolute Gasteiger partial charge is 0.222 e. The fraction of sp³-hybridized carbons (Fsp3) is 0.667. The number of carbonyl (C=O) groups excluding carboxylic acids is 1. The van der Waals surface area contributed by atoms with Gasteiger partial charge in [-0.2, -0.15) is 0 Å². The molecule has 0 unspecified atom stereocenters. The van der Waals surface area contributed by atoms with Crippen LogP contribution in [0.2, 0.25) is 0 Å². The maximum absolute atomic E-state index is 12.5. The highest BCUT2D eigenvalue weighted by Crippen LogP contribution is 2.30. The van der Waals surface area contributed by atoms with Gasteiger partial charge in [0.05, 0.1) is 12.3 Å². The molecule has 1 aliphatic heterocycles. The van der Waals surface area contributed by atoms with Crippen LogP contribution in [0.3, 0.4) is 0 Å². The first-order chi connectivity index (χ1) is 12.3. The number of ether oxygens (including phenoxy) is 1. The third kappa shape index (κ3) is 5.54. The number of benzene rings is 1. The summed E-state index contributed by atoms with van der Waals surface area (Å²) in [5, 5.41) is 0. The number of carbonyl (C=O) groups is 1. The van der Waals surface area contributed by atoms with E-state index in [1.54, 1.807) is 0 Å². The standard InChI is InChI=1S/C21H32N2O2.ClH/c1-2-25-20-11-7-6-10-19(20)22-14-16-23(17-15-22)21(24)13-12-18-8-4-3-5-9-18;/h6-7,10-11,18H,2-5,8-9,12-17H2,1H3;1H. The van der Waals surface area contributed by atoms with Crippen LogP contribution in [0.25, 0.3) is 0 Å². The summed E-state index contributed by atoms with van der Waals surface area (Å²) in [5.74, 6) is 2.09. The van der Waals surface area contributed by atoms with Gasteiger partial charge < -0.3 is 14.5 Å². The van der Waals surface area contributed by atoms with E-state index in [1.165, 1.54) is 32.1 Å². The number of amides is 1. The molecule has 0 bridgehead atoms. The Labute approximate surface area is 164 Å². The SMILES string of the molecule is CCOc1ccccc1N1CCN(C(=O)CCC2CCCCC2)CC1.Cl. The molecule has 26 heavy (non-hydrogen) atoms. The van der Waals surface area contributed by atoms with Crippen molar-refractivity contribution >= 4 is 24.0 Å². The lowest BCUT2D eigenvalue weighted by atomic mass is 9.86. The fourth-order valence-corrected chi connectivity index (χ4v) is 4.15. The second-order valence-electron chi connectivity index (χ2n) is 7.31. The van der Waals surface area contributed by atoms with Gasteiger partial charge in [-0.25, -0.2) is 0 Å². The lowest BCUT2D eigenvalue weighted by Gasteiger charge is -2.37. The zero-order valence-electron chi connectivity index (χ0n) is 16.0. The number of halogens is 1. The topological polar surface area (TPSA) is 32.8 Å². The normalized spacial score (nSPS) is 18.3. The molecule has 1 saturated carbocycles. The molecule has 3 rings (SSSR count). The Balaban J connectivity index is 0.00000243. The van der Waals surface area contributed by atoms with Crippen LogP contribution in [-0.2, 0) is 4.79 Å². The Morgan fingerprint density at radius 3 is 2.46 bits per heavy atom. The summed E-state index contributed by atoms with van der Waals surface area (Å²) in [5.41, 5.74) is 1.15. The van der Waals surface area contributed by atoms with Gasteiger partial charge in [0.15, 0.2) is 0 Å². The van der Waals surface area contributed by atoms with Crippen molar-refractivity contribution in [1.29, 1.82) is 0 Å². The van der Waals surface area contributed by atoms with Gasteiger partial charge in [0.25, 0.3) is 0 Å². The second kappa shape index (κ2) is 10.7. The lowest BCUT2D eigenvalue weighted by molar-refractivity contribution is -0.131. The maximum Gasteiger partial charge on any atom is 0.222 e. The molecule has 4 nitrogen and oxygen atoms in total. The van der Waals surface area contributed by atoms with E-state index in [0.717, 1.165) is 56.4 Å². The summed E-state index contributed by atoms with van der Waals surface area (Å²) >= 11 is 0. The number of para-hydroxylation sites is 2. The van der Waals surface area contributed by atoms with Crippen molar-refractivity contribution in [3.05, 3.63) is 24.3 Å². The quantitative estimate of drug-likeness (QED) is 0.727. The van der Waals surface area contributed by atoms with Gasteiger partial charge >= 0.3 is 0 Å². The lowest BCUT2D eigenvalue weighted by Crippen LogP contribution is -2.48. The van der Waals surface area contributed by atoms with Crippen molar-refractivity contribution in [1.82, 2.24) is 4.90 Å². The highest BCUT2D eigenvalue weighted by atomic mass is 35.5.